The number of rotatable bonds is 1. The normalized spacial score (nSPS) is 24.2. The molecule has 3 rings (SSSR count). The van der Waals surface area contributed by atoms with Gasteiger partial charge in [0.25, 0.3) is 0 Å². The van der Waals surface area contributed by atoms with Gasteiger partial charge in [-0.1, -0.05) is 26.8 Å². The SMILES string of the molecule is CC(C)(C)C1N(C(=O)O)CC12CN(c1ccccn1)C2. The minimum atomic E-state index is -0.799. The van der Waals surface area contributed by atoms with Crippen LogP contribution in [0.3, 0.4) is 0 Å². The maximum absolute atomic E-state index is 11.3. The Balaban J connectivity index is 1.75. The van der Waals surface area contributed by atoms with Gasteiger partial charge in [-0.3, -0.25) is 0 Å². The van der Waals surface area contributed by atoms with Gasteiger partial charge in [0.1, 0.15) is 5.82 Å². The summed E-state index contributed by atoms with van der Waals surface area (Å²) in [5, 5.41) is 9.30. The third-order valence-electron chi connectivity index (χ3n) is 4.43. The molecule has 2 aliphatic rings. The maximum atomic E-state index is 11.3. The molecule has 0 aromatic carbocycles. The van der Waals surface area contributed by atoms with Gasteiger partial charge in [-0.15, -0.1) is 0 Å². The fourth-order valence-electron chi connectivity index (χ4n) is 3.99. The quantitative estimate of drug-likeness (QED) is 0.854. The highest BCUT2D eigenvalue weighted by Gasteiger charge is 2.64. The van der Waals surface area contributed by atoms with Crippen LogP contribution in [0, 0.1) is 10.8 Å². The van der Waals surface area contributed by atoms with Gasteiger partial charge in [0.05, 0.1) is 6.04 Å². The number of carboxylic acid groups (broad SMARTS) is 1. The number of likely N-dealkylation sites (tertiary alicyclic amines) is 1. The lowest BCUT2D eigenvalue weighted by Crippen LogP contribution is -2.81. The van der Waals surface area contributed by atoms with Crippen molar-refractivity contribution in [3.63, 3.8) is 0 Å². The molecule has 0 aliphatic carbocycles. The second-order valence-electron chi connectivity index (χ2n) is 7.09. The number of amides is 1. The number of carbonyl (C=O) groups is 1. The zero-order valence-electron chi connectivity index (χ0n) is 12.2. The molecule has 20 heavy (non-hydrogen) atoms. The van der Waals surface area contributed by atoms with Gasteiger partial charge in [-0.05, 0) is 17.5 Å². The second-order valence-corrected chi connectivity index (χ2v) is 7.09. The van der Waals surface area contributed by atoms with Crippen molar-refractivity contribution in [1.29, 1.82) is 0 Å². The number of hydrogen-bond donors (Lipinski definition) is 1. The highest BCUT2D eigenvalue weighted by molar-refractivity contribution is 5.68. The van der Waals surface area contributed by atoms with Gasteiger partial charge < -0.3 is 14.9 Å². The zero-order valence-corrected chi connectivity index (χ0v) is 12.2. The Hall–Kier alpha value is -1.78. The number of hydrogen-bond acceptors (Lipinski definition) is 3. The summed E-state index contributed by atoms with van der Waals surface area (Å²) in [6, 6.07) is 5.99. The van der Waals surface area contributed by atoms with Crippen molar-refractivity contribution in [2.24, 2.45) is 10.8 Å². The van der Waals surface area contributed by atoms with Crippen LogP contribution < -0.4 is 4.90 Å². The average molecular weight is 275 g/mol. The first-order valence-corrected chi connectivity index (χ1v) is 6.99. The lowest BCUT2D eigenvalue weighted by Gasteiger charge is -2.68. The fraction of sp³-hybridized carbons (Fsp3) is 0.600. The van der Waals surface area contributed by atoms with Crippen molar-refractivity contribution in [3.8, 4) is 0 Å². The standard InChI is InChI=1S/C15H21N3O2/c1-14(2,3)12-15(10-18(12)13(19)20)8-17(9-15)11-6-4-5-7-16-11/h4-7,12H,8-10H2,1-3H3,(H,19,20). The molecule has 2 saturated heterocycles. The van der Waals surface area contributed by atoms with Crippen LogP contribution in [-0.4, -0.2) is 46.8 Å². The van der Waals surface area contributed by atoms with Crippen LogP contribution in [0.2, 0.25) is 0 Å². The molecule has 1 spiro atoms. The third kappa shape index (κ3) is 1.84. The third-order valence-corrected chi connectivity index (χ3v) is 4.43. The minimum Gasteiger partial charge on any atom is -0.465 e. The molecule has 1 aromatic rings. The second kappa shape index (κ2) is 4.11. The largest absolute Gasteiger partial charge is 0.465 e. The summed E-state index contributed by atoms with van der Waals surface area (Å²) in [5.74, 6) is 0.986. The summed E-state index contributed by atoms with van der Waals surface area (Å²) < 4.78 is 0. The Kier molecular flexibility index (Phi) is 2.71. The van der Waals surface area contributed by atoms with Gasteiger partial charge in [0, 0.05) is 31.2 Å². The van der Waals surface area contributed by atoms with E-state index in [1.165, 1.54) is 0 Å². The van der Waals surface area contributed by atoms with Crippen molar-refractivity contribution >= 4 is 11.9 Å². The summed E-state index contributed by atoms with van der Waals surface area (Å²) in [4.78, 5) is 19.5. The van der Waals surface area contributed by atoms with Gasteiger partial charge in [0.2, 0.25) is 0 Å². The van der Waals surface area contributed by atoms with Crippen molar-refractivity contribution in [2.45, 2.75) is 26.8 Å². The highest BCUT2D eigenvalue weighted by atomic mass is 16.4. The summed E-state index contributed by atoms with van der Waals surface area (Å²) in [6.07, 6.45) is 0.998. The van der Waals surface area contributed by atoms with Crippen LogP contribution >= 0.6 is 0 Å². The van der Waals surface area contributed by atoms with E-state index in [9.17, 15) is 9.90 Å². The predicted molar refractivity (Wildman–Crippen MR) is 76.9 cm³/mol. The zero-order chi connectivity index (χ0) is 14.5. The van der Waals surface area contributed by atoms with E-state index in [2.05, 4.69) is 30.7 Å². The molecular weight excluding hydrogens is 254 g/mol. The molecule has 5 heteroatoms. The van der Waals surface area contributed by atoms with Crippen molar-refractivity contribution in [1.82, 2.24) is 9.88 Å². The minimum absolute atomic E-state index is 0.0349. The van der Waals surface area contributed by atoms with E-state index in [1.54, 1.807) is 11.1 Å². The van der Waals surface area contributed by atoms with Crippen LogP contribution in [0.15, 0.2) is 24.4 Å². The Labute approximate surface area is 119 Å². The van der Waals surface area contributed by atoms with Gasteiger partial charge >= 0.3 is 6.09 Å². The molecule has 1 unspecified atom stereocenters. The highest BCUT2D eigenvalue weighted by Crippen LogP contribution is 2.52. The molecule has 1 amide bonds. The van der Waals surface area contributed by atoms with Crippen LogP contribution in [0.1, 0.15) is 20.8 Å². The molecule has 2 aliphatic heterocycles. The number of pyridine rings is 1. The maximum Gasteiger partial charge on any atom is 0.407 e. The van der Waals surface area contributed by atoms with E-state index in [0.717, 1.165) is 18.9 Å². The molecule has 1 atom stereocenters. The molecule has 0 bridgehead atoms. The first-order valence-electron chi connectivity index (χ1n) is 6.99. The lowest BCUT2D eigenvalue weighted by molar-refractivity contribution is -0.121. The van der Waals surface area contributed by atoms with Gasteiger partial charge in [-0.25, -0.2) is 9.78 Å². The Morgan fingerprint density at radius 2 is 2.05 bits per heavy atom. The molecule has 2 fully saturated rings. The van der Waals surface area contributed by atoms with Crippen LogP contribution in [-0.2, 0) is 0 Å². The molecule has 3 heterocycles. The van der Waals surface area contributed by atoms with E-state index in [0.29, 0.717) is 6.54 Å². The van der Waals surface area contributed by atoms with E-state index >= 15 is 0 Å². The molecule has 0 saturated carbocycles. The van der Waals surface area contributed by atoms with Crippen molar-refractivity contribution < 1.29 is 9.90 Å². The summed E-state index contributed by atoms with van der Waals surface area (Å²) in [7, 11) is 0. The van der Waals surface area contributed by atoms with Gasteiger partial charge in [-0.2, -0.15) is 0 Å². The first kappa shape index (κ1) is 13.2. The molecule has 0 radical (unpaired) electrons. The molecule has 5 nitrogen and oxygen atoms in total. The van der Waals surface area contributed by atoms with E-state index in [-0.39, 0.29) is 16.9 Å². The lowest BCUT2D eigenvalue weighted by atomic mass is 9.58. The first-order chi connectivity index (χ1) is 9.33. The number of nitrogens with zero attached hydrogens (tertiary/aromatic N) is 3. The van der Waals surface area contributed by atoms with Crippen LogP contribution in [0.25, 0.3) is 0 Å². The Morgan fingerprint density at radius 3 is 2.55 bits per heavy atom. The summed E-state index contributed by atoms with van der Waals surface area (Å²) in [6.45, 7) is 8.81. The number of anilines is 1. The van der Waals surface area contributed by atoms with E-state index in [4.69, 9.17) is 0 Å². The summed E-state index contributed by atoms with van der Waals surface area (Å²) in [5.41, 5.74) is 0.0704. The summed E-state index contributed by atoms with van der Waals surface area (Å²) >= 11 is 0. The smallest absolute Gasteiger partial charge is 0.407 e. The topological polar surface area (TPSA) is 56.7 Å². The molecule has 108 valence electrons. The van der Waals surface area contributed by atoms with Crippen molar-refractivity contribution in [2.75, 3.05) is 24.5 Å². The van der Waals surface area contributed by atoms with Crippen LogP contribution in [0.4, 0.5) is 10.6 Å². The van der Waals surface area contributed by atoms with Crippen molar-refractivity contribution in [3.05, 3.63) is 24.4 Å². The van der Waals surface area contributed by atoms with E-state index in [1.807, 2.05) is 18.2 Å². The Morgan fingerprint density at radius 1 is 1.35 bits per heavy atom. The van der Waals surface area contributed by atoms with Gasteiger partial charge in [0.15, 0.2) is 0 Å². The molecule has 1 aromatic heterocycles. The van der Waals surface area contributed by atoms with Crippen LogP contribution in [0.5, 0.6) is 0 Å². The molecule has 1 N–H and O–H groups in total. The van der Waals surface area contributed by atoms with E-state index < -0.39 is 6.09 Å². The number of aromatic nitrogens is 1. The monoisotopic (exact) mass is 275 g/mol. The Bertz CT molecular complexity index is 518. The fourth-order valence-corrected chi connectivity index (χ4v) is 3.99. The average Bonchev–Trinajstić information content (AvgIpc) is 2.24. The molecular formula is C15H21N3O2. The predicted octanol–water partition coefficient (Wildman–Crippen LogP) is 2.30.